The number of epoxide rings is 2. The summed E-state index contributed by atoms with van der Waals surface area (Å²) >= 11 is 0. The van der Waals surface area contributed by atoms with Crippen LogP contribution in [0.4, 0.5) is 4.79 Å². The molecule has 0 N–H and O–H groups in total. The molecule has 0 aromatic rings. The van der Waals surface area contributed by atoms with Crippen LogP contribution in [0.2, 0.25) is 0 Å². The van der Waals surface area contributed by atoms with Crippen molar-refractivity contribution in [2.75, 3.05) is 40.0 Å². The number of hydrogen-bond acceptors (Lipinski definition) is 6. The Labute approximate surface area is 172 Å². The van der Waals surface area contributed by atoms with Crippen LogP contribution in [0.15, 0.2) is 11.6 Å². The van der Waals surface area contributed by atoms with Gasteiger partial charge in [-0.25, -0.2) is 4.79 Å². The standard InChI is InChI=1S/C22H33NO6/c1-14(2)5-6-16-20(3,29-16)18-17(25-4)15(7-8-22(18)13-27-22)28-19(24)23-9-21(10-23)11-26-12-21/h5,15-18H,6-13H2,1-4H3/t15-,16-,17-,18-,20+,22+/m1/s1. The van der Waals surface area contributed by atoms with Gasteiger partial charge in [0.05, 0.1) is 37.3 Å². The number of carbonyl (C=O) groups is 1. The van der Waals surface area contributed by atoms with Crippen LogP contribution >= 0.6 is 0 Å². The molecule has 5 aliphatic rings. The predicted molar refractivity (Wildman–Crippen MR) is 105 cm³/mol. The van der Waals surface area contributed by atoms with E-state index in [4.69, 9.17) is 23.7 Å². The lowest BCUT2D eigenvalue weighted by Gasteiger charge is -2.54. The first kappa shape index (κ1) is 19.8. The molecule has 4 aliphatic heterocycles. The minimum Gasteiger partial charge on any atom is -0.443 e. The summed E-state index contributed by atoms with van der Waals surface area (Å²) in [4.78, 5) is 14.5. The molecule has 4 heterocycles. The molecule has 0 radical (unpaired) electrons. The van der Waals surface area contributed by atoms with Gasteiger partial charge in [-0.1, -0.05) is 11.6 Å². The Balaban J connectivity index is 1.27. The van der Waals surface area contributed by atoms with Crippen molar-refractivity contribution in [3.63, 3.8) is 0 Å². The fourth-order valence-electron chi connectivity index (χ4n) is 5.74. The second-order valence-corrected chi connectivity index (χ2v) is 10.1. The molecule has 0 bridgehead atoms. The number of amides is 1. The molecule has 4 saturated heterocycles. The fraction of sp³-hybridized carbons (Fsp3) is 0.864. The Morgan fingerprint density at radius 3 is 2.52 bits per heavy atom. The molecule has 29 heavy (non-hydrogen) atoms. The van der Waals surface area contributed by atoms with E-state index in [1.165, 1.54) is 5.57 Å². The summed E-state index contributed by atoms with van der Waals surface area (Å²) in [5, 5.41) is 0. The molecule has 1 aliphatic carbocycles. The Morgan fingerprint density at radius 1 is 1.24 bits per heavy atom. The maximum atomic E-state index is 12.7. The zero-order chi connectivity index (χ0) is 20.4. The van der Waals surface area contributed by atoms with E-state index < -0.39 is 0 Å². The van der Waals surface area contributed by atoms with E-state index in [1.54, 1.807) is 12.0 Å². The molecular weight excluding hydrogens is 374 g/mol. The molecule has 5 rings (SSSR count). The highest BCUT2D eigenvalue weighted by atomic mass is 16.6. The third-order valence-electron chi connectivity index (χ3n) is 7.62. The van der Waals surface area contributed by atoms with E-state index in [-0.39, 0.29) is 46.9 Å². The van der Waals surface area contributed by atoms with Gasteiger partial charge in [0, 0.05) is 20.2 Å². The third kappa shape index (κ3) is 3.21. The Bertz CT molecular complexity index is 702. The second kappa shape index (κ2) is 6.67. The number of rotatable bonds is 5. The lowest BCUT2D eigenvalue weighted by atomic mass is 9.68. The number of carbonyl (C=O) groups excluding carboxylic acids is 1. The molecule has 5 fully saturated rings. The van der Waals surface area contributed by atoms with Crippen molar-refractivity contribution in [1.29, 1.82) is 0 Å². The lowest BCUT2D eigenvalue weighted by Crippen LogP contribution is -2.67. The number of likely N-dealkylation sites (tertiary alicyclic amines) is 1. The molecule has 0 unspecified atom stereocenters. The molecule has 1 amide bonds. The highest BCUT2D eigenvalue weighted by Crippen LogP contribution is 2.59. The number of nitrogens with zero attached hydrogens (tertiary/aromatic N) is 1. The topological polar surface area (TPSA) is 73.1 Å². The van der Waals surface area contributed by atoms with Gasteiger partial charge in [0.25, 0.3) is 0 Å². The summed E-state index contributed by atoms with van der Waals surface area (Å²) in [5.74, 6) is 0.0601. The maximum Gasteiger partial charge on any atom is 0.410 e. The molecule has 1 saturated carbocycles. The summed E-state index contributed by atoms with van der Waals surface area (Å²) in [6.45, 7) is 10.1. The first-order chi connectivity index (χ1) is 13.8. The van der Waals surface area contributed by atoms with Crippen LogP contribution in [-0.4, -0.2) is 80.5 Å². The first-order valence-corrected chi connectivity index (χ1v) is 10.8. The van der Waals surface area contributed by atoms with Crippen molar-refractivity contribution in [3.8, 4) is 0 Å². The normalized spacial score (nSPS) is 44.1. The number of ether oxygens (including phenoxy) is 5. The van der Waals surface area contributed by atoms with Gasteiger partial charge >= 0.3 is 6.09 Å². The largest absolute Gasteiger partial charge is 0.443 e. The molecule has 0 aromatic heterocycles. The van der Waals surface area contributed by atoms with Gasteiger partial charge < -0.3 is 28.6 Å². The fourth-order valence-corrected chi connectivity index (χ4v) is 5.74. The van der Waals surface area contributed by atoms with Crippen LogP contribution < -0.4 is 0 Å². The Morgan fingerprint density at radius 2 is 1.97 bits per heavy atom. The molecule has 6 atom stereocenters. The van der Waals surface area contributed by atoms with E-state index in [9.17, 15) is 4.79 Å². The molecule has 2 spiro atoms. The van der Waals surface area contributed by atoms with Crippen LogP contribution in [-0.2, 0) is 23.7 Å². The minimum absolute atomic E-state index is 0.0601. The summed E-state index contributed by atoms with van der Waals surface area (Å²) in [6, 6.07) is 0. The quantitative estimate of drug-likeness (QED) is 0.515. The van der Waals surface area contributed by atoms with Crippen molar-refractivity contribution in [1.82, 2.24) is 4.90 Å². The molecule has 7 nitrogen and oxygen atoms in total. The summed E-state index contributed by atoms with van der Waals surface area (Å²) in [7, 11) is 1.71. The van der Waals surface area contributed by atoms with E-state index >= 15 is 0 Å². The lowest BCUT2D eigenvalue weighted by molar-refractivity contribution is -0.186. The predicted octanol–water partition coefficient (Wildman–Crippen LogP) is 2.53. The molecule has 7 heteroatoms. The highest BCUT2D eigenvalue weighted by molar-refractivity contribution is 5.69. The Hall–Kier alpha value is -1.15. The van der Waals surface area contributed by atoms with Crippen molar-refractivity contribution in [2.45, 2.75) is 69.5 Å². The van der Waals surface area contributed by atoms with Crippen LogP contribution in [0.25, 0.3) is 0 Å². The minimum atomic E-state index is -0.307. The van der Waals surface area contributed by atoms with Crippen molar-refractivity contribution in [3.05, 3.63) is 11.6 Å². The zero-order valence-electron chi connectivity index (χ0n) is 17.9. The average molecular weight is 408 g/mol. The summed E-state index contributed by atoms with van der Waals surface area (Å²) in [6.07, 6.45) is 4.19. The van der Waals surface area contributed by atoms with Gasteiger partial charge in [-0.15, -0.1) is 0 Å². The van der Waals surface area contributed by atoms with Gasteiger partial charge in [-0.3, -0.25) is 0 Å². The van der Waals surface area contributed by atoms with Gasteiger partial charge in [-0.05, 0) is 40.0 Å². The number of allylic oxidation sites excluding steroid dienone is 1. The SMILES string of the molecule is CO[C@@H]1[C@H](OC(=O)N2CC3(COC3)C2)CC[C@]2(CO2)[C@H]1[C@@]1(C)O[C@@H]1CC=C(C)C. The first-order valence-electron chi connectivity index (χ1n) is 10.8. The van der Waals surface area contributed by atoms with Crippen LogP contribution in [0.3, 0.4) is 0 Å². The van der Waals surface area contributed by atoms with E-state index in [2.05, 4.69) is 26.8 Å². The third-order valence-corrected chi connectivity index (χ3v) is 7.62. The van der Waals surface area contributed by atoms with Crippen molar-refractivity contribution >= 4 is 6.09 Å². The van der Waals surface area contributed by atoms with Crippen LogP contribution in [0, 0.1) is 11.3 Å². The van der Waals surface area contributed by atoms with Gasteiger partial charge in [0.1, 0.15) is 23.4 Å². The monoisotopic (exact) mass is 407 g/mol. The number of methoxy groups -OCH3 is 1. The number of hydrogen-bond donors (Lipinski definition) is 0. The summed E-state index contributed by atoms with van der Waals surface area (Å²) in [5.41, 5.74) is 0.984. The van der Waals surface area contributed by atoms with Crippen molar-refractivity contribution in [2.24, 2.45) is 11.3 Å². The maximum absolute atomic E-state index is 12.7. The summed E-state index contributed by atoms with van der Waals surface area (Å²) < 4.78 is 29.4. The van der Waals surface area contributed by atoms with E-state index in [1.807, 2.05) is 0 Å². The van der Waals surface area contributed by atoms with Gasteiger partial charge in [0.15, 0.2) is 0 Å². The Kier molecular flexibility index (Phi) is 4.55. The van der Waals surface area contributed by atoms with Gasteiger partial charge in [-0.2, -0.15) is 0 Å². The molecule has 162 valence electrons. The average Bonchev–Trinajstić information content (AvgIpc) is 3.50. The van der Waals surface area contributed by atoms with E-state index in [0.717, 1.165) is 52.2 Å². The smallest absolute Gasteiger partial charge is 0.410 e. The molecule has 0 aromatic carbocycles. The van der Waals surface area contributed by atoms with E-state index in [0.29, 0.717) is 0 Å². The van der Waals surface area contributed by atoms with Crippen molar-refractivity contribution < 1.29 is 28.5 Å². The van der Waals surface area contributed by atoms with Crippen LogP contribution in [0.5, 0.6) is 0 Å². The highest BCUT2D eigenvalue weighted by Gasteiger charge is 2.72. The molecular formula is C22H33NO6. The zero-order valence-corrected chi connectivity index (χ0v) is 17.9. The van der Waals surface area contributed by atoms with Crippen LogP contribution in [0.1, 0.15) is 40.0 Å². The van der Waals surface area contributed by atoms with Gasteiger partial charge in [0.2, 0.25) is 0 Å². The second-order valence-electron chi connectivity index (χ2n) is 10.1.